The Morgan fingerprint density at radius 1 is 1.21 bits per heavy atom. The fourth-order valence-electron chi connectivity index (χ4n) is 5.60. The number of hydrogen-bond acceptors (Lipinski definition) is 5. The lowest BCUT2D eigenvalue weighted by molar-refractivity contribution is -0.133. The molecule has 8 nitrogen and oxygen atoms in total. The molecule has 204 valence electrons. The molecule has 2 aliphatic heterocycles. The molecule has 2 aromatic rings. The van der Waals surface area contributed by atoms with E-state index in [1.165, 1.54) is 4.90 Å². The van der Waals surface area contributed by atoms with E-state index in [-0.39, 0.29) is 23.8 Å². The molecule has 38 heavy (non-hydrogen) atoms. The first-order chi connectivity index (χ1) is 18.1. The number of guanidine groups is 1. The second-order valence-corrected chi connectivity index (χ2v) is 11.0. The van der Waals surface area contributed by atoms with Crippen LogP contribution in [0, 0.1) is 5.41 Å². The zero-order valence-corrected chi connectivity index (χ0v) is 23.1. The zero-order valence-electron chi connectivity index (χ0n) is 23.1. The van der Waals surface area contributed by atoms with Crippen LogP contribution in [-0.4, -0.2) is 47.5 Å². The Balaban J connectivity index is 1.59. The van der Waals surface area contributed by atoms with Gasteiger partial charge in [-0.25, -0.2) is 0 Å². The van der Waals surface area contributed by atoms with Crippen LogP contribution in [-0.2, 0) is 9.53 Å². The Morgan fingerprint density at radius 2 is 1.95 bits per heavy atom. The van der Waals surface area contributed by atoms with Gasteiger partial charge < -0.3 is 20.1 Å². The van der Waals surface area contributed by atoms with Gasteiger partial charge in [-0.05, 0) is 56.9 Å². The molecule has 1 saturated heterocycles. The molecule has 0 saturated carbocycles. The quantitative estimate of drug-likeness (QED) is 0.426. The number of amides is 2. The average molecular weight is 521 g/mol. The van der Waals surface area contributed by atoms with Crippen molar-refractivity contribution in [3.8, 4) is 5.75 Å². The summed E-state index contributed by atoms with van der Waals surface area (Å²) in [5.74, 6) is 0.604. The number of rotatable bonds is 9. The van der Waals surface area contributed by atoms with E-state index >= 15 is 0 Å². The van der Waals surface area contributed by atoms with Gasteiger partial charge in [0.1, 0.15) is 11.4 Å². The highest BCUT2D eigenvalue weighted by molar-refractivity contribution is 6.00. The van der Waals surface area contributed by atoms with E-state index in [1.807, 2.05) is 70.2 Å². The largest absolute Gasteiger partial charge is 0.487 e. The maximum absolute atomic E-state index is 13.5. The summed E-state index contributed by atoms with van der Waals surface area (Å²) in [6, 6.07) is 14.5. The summed E-state index contributed by atoms with van der Waals surface area (Å²) in [7, 11) is 1.62. The molecule has 0 spiro atoms. The van der Waals surface area contributed by atoms with Crippen molar-refractivity contribution in [3.63, 3.8) is 0 Å². The number of para-hydroxylation sites is 1. The number of hydrogen-bond donors (Lipinski definition) is 3. The molecule has 4 rings (SSSR count). The molecule has 1 unspecified atom stereocenters. The van der Waals surface area contributed by atoms with Crippen molar-refractivity contribution in [2.24, 2.45) is 0 Å². The molecule has 2 aliphatic rings. The summed E-state index contributed by atoms with van der Waals surface area (Å²) in [6.45, 7) is 8.53. The van der Waals surface area contributed by atoms with E-state index in [0.717, 1.165) is 29.7 Å². The minimum absolute atomic E-state index is 0.0885. The predicted molar refractivity (Wildman–Crippen MR) is 147 cm³/mol. The predicted octanol–water partition coefficient (Wildman–Crippen LogP) is 5.11. The SMILES string of the molecule is CCC1(CC)CC(=O)N([C@@H](CCOC)c2cccc(C(=O)NC3CC(C)(C)Oc4ccccc43)c2)C(=N)N1. The molecule has 8 heteroatoms. The van der Waals surface area contributed by atoms with Gasteiger partial charge in [-0.2, -0.15) is 0 Å². The maximum Gasteiger partial charge on any atom is 0.251 e. The van der Waals surface area contributed by atoms with E-state index in [9.17, 15) is 9.59 Å². The number of carbonyl (C=O) groups excluding carboxylic acids is 2. The molecule has 2 amide bonds. The van der Waals surface area contributed by atoms with Crippen molar-refractivity contribution in [2.45, 2.75) is 83.0 Å². The summed E-state index contributed by atoms with van der Waals surface area (Å²) < 4.78 is 11.5. The molecule has 0 radical (unpaired) electrons. The normalized spacial score (nSPS) is 20.7. The van der Waals surface area contributed by atoms with Gasteiger partial charge in [-0.15, -0.1) is 0 Å². The number of nitrogens with zero attached hydrogens (tertiary/aromatic N) is 1. The first kappa shape index (κ1) is 27.6. The van der Waals surface area contributed by atoms with Crippen LogP contribution in [0.15, 0.2) is 48.5 Å². The lowest BCUT2D eigenvalue weighted by atomic mass is 9.86. The third kappa shape index (κ3) is 5.70. The van der Waals surface area contributed by atoms with Crippen molar-refractivity contribution >= 4 is 17.8 Å². The van der Waals surface area contributed by atoms with Crippen molar-refractivity contribution in [1.82, 2.24) is 15.5 Å². The summed E-state index contributed by atoms with van der Waals surface area (Å²) >= 11 is 0. The lowest BCUT2D eigenvalue weighted by Gasteiger charge is -2.45. The van der Waals surface area contributed by atoms with Crippen LogP contribution in [0.3, 0.4) is 0 Å². The number of methoxy groups -OCH3 is 1. The monoisotopic (exact) mass is 520 g/mol. The average Bonchev–Trinajstić information content (AvgIpc) is 2.89. The van der Waals surface area contributed by atoms with Crippen LogP contribution in [0.2, 0.25) is 0 Å². The minimum Gasteiger partial charge on any atom is -0.487 e. The van der Waals surface area contributed by atoms with Gasteiger partial charge in [0.2, 0.25) is 5.91 Å². The molecule has 3 N–H and O–H groups in total. The van der Waals surface area contributed by atoms with Crippen molar-refractivity contribution < 1.29 is 19.1 Å². The molecular weight excluding hydrogens is 480 g/mol. The number of nitrogens with one attached hydrogen (secondary N) is 3. The molecular formula is C30H40N4O4. The van der Waals surface area contributed by atoms with Gasteiger partial charge in [0.25, 0.3) is 5.91 Å². The molecule has 0 aromatic heterocycles. The van der Waals surface area contributed by atoms with E-state index in [4.69, 9.17) is 14.9 Å². The van der Waals surface area contributed by atoms with Crippen molar-refractivity contribution in [3.05, 3.63) is 65.2 Å². The molecule has 0 bridgehead atoms. The summed E-state index contributed by atoms with van der Waals surface area (Å²) in [5, 5.41) is 15.2. The van der Waals surface area contributed by atoms with Crippen LogP contribution < -0.4 is 15.4 Å². The number of ether oxygens (including phenoxy) is 2. The highest BCUT2D eigenvalue weighted by Gasteiger charge is 2.42. The molecule has 2 atom stereocenters. The summed E-state index contributed by atoms with van der Waals surface area (Å²) in [5.41, 5.74) is 1.46. The van der Waals surface area contributed by atoms with Gasteiger partial charge in [0, 0.05) is 36.8 Å². The lowest BCUT2D eigenvalue weighted by Crippen LogP contribution is -2.62. The van der Waals surface area contributed by atoms with E-state index in [0.29, 0.717) is 31.4 Å². The topological polar surface area (TPSA) is 104 Å². The van der Waals surface area contributed by atoms with Crippen molar-refractivity contribution in [1.29, 1.82) is 5.41 Å². The van der Waals surface area contributed by atoms with Gasteiger partial charge in [0.05, 0.1) is 18.5 Å². The van der Waals surface area contributed by atoms with Crippen LogP contribution >= 0.6 is 0 Å². The second kappa shape index (κ2) is 11.2. The zero-order chi connectivity index (χ0) is 27.5. The third-order valence-corrected chi connectivity index (χ3v) is 7.86. The molecule has 2 aromatic carbocycles. The maximum atomic E-state index is 13.5. The van der Waals surface area contributed by atoms with Crippen LogP contribution in [0.4, 0.5) is 0 Å². The van der Waals surface area contributed by atoms with Crippen molar-refractivity contribution in [2.75, 3.05) is 13.7 Å². The fourth-order valence-corrected chi connectivity index (χ4v) is 5.60. The van der Waals surface area contributed by atoms with E-state index < -0.39 is 17.2 Å². The van der Waals surface area contributed by atoms with Gasteiger partial charge >= 0.3 is 0 Å². The van der Waals surface area contributed by atoms with E-state index in [2.05, 4.69) is 10.6 Å². The van der Waals surface area contributed by atoms with Gasteiger partial charge in [-0.3, -0.25) is 19.9 Å². The first-order valence-electron chi connectivity index (χ1n) is 13.5. The number of fused-ring (bicyclic) bond motifs is 1. The van der Waals surface area contributed by atoms with Crippen LogP contribution in [0.5, 0.6) is 5.75 Å². The Kier molecular flexibility index (Phi) is 8.11. The third-order valence-electron chi connectivity index (χ3n) is 7.86. The molecule has 2 heterocycles. The van der Waals surface area contributed by atoms with Gasteiger partial charge in [-0.1, -0.05) is 44.2 Å². The second-order valence-electron chi connectivity index (χ2n) is 11.0. The minimum atomic E-state index is -0.426. The smallest absolute Gasteiger partial charge is 0.251 e. The number of benzene rings is 2. The summed E-state index contributed by atoms with van der Waals surface area (Å²) in [4.78, 5) is 28.4. The Morgan fingerprint density at radius 3 is 2.63 bits per heavy atom. The fraction of sp³-hybridized carbons (Fsp3) is 0.500. The first-order valence-corrected chi connectivity index (χ1v) is 13.5. The standard InChI is InChI=1S/C30H40N4O4/c1-6-30(7-2)19-26(35)34(28(31)33-30)24(15-16-37-5)20-11-10-12-21(17-20)27(36)32-23-18-29(3,4)38-25-14-9-8-13-22(23)25/h8-14,17,23-24H,6-7,15-16,18-19H2,1-5H3,(H2,31,33)(H,32,36)/t23?,24-/m0/s1. The molecule has 0 aliphatic carbocycles. The van der Waals surface area contributed by atoms with Gasteiger partial charge in [0.15, 0.2) is 5.96 Å². The Hall–Kier alpha value is -3.39. The number of carbonyl (C=O) groups is 2. The highest BCUT2D eigenvalue weighted by atomic mass is 16.5. The van der Waals surface area contributed by atoms with Crippen LogP contribution in [0.25, 0.3) is 0 Å². The van der Waals surface area contributed by atoms with E-state index in [1.54, 1.807) is 13.2 Å². The Labute approximate surface area is 225 Å². The van der Waals surface area contributed by atoms with Crippen LogP contribution in [0.1, 0.15) is 93.4 Å². The summed E-state index contributed by atoms with van der Waals surface area (Å²) in [6.07, 6.45) is 2.99. The molecule has 1 fully saturated rings. The Bertz CT molecular complexity index is 1170. The highest BCUT2D eigenvalue weighted by Crippen LogP contribution is 2.39.